The van der Waals surface area contributed by atoms with Gasteiger partial charge in [0.1, 0.15) is 6.04 Å². The number of carbonyl (C=O) groups excluding carboxylic acids is 2. The third-order valence-electron chi connectivity index (χ3n) is 5.35. The number of ketones is 1. The second-order valence-corrected chi connectivity index (χ2v) is 9.86. The zero-order valence-electron chi connectivity index (χ0n) is 19.1. The Bertz CT molecular complexity index is 1230. The highest BCUT2D eigenvalue weighted by Gasteiger charge is 2.30. The molecule has 2 aromatic carbocycles. The van der Waals surface area contributed by atoms with E-state index in [1.54, 1.807) is 38.1 Å². The number of nitrogens with one attached hydrogen (secondary N) is 1. The summed E-state index contributed by atoms with van der Waals surface area (Å²) in [5.74, 6) is -1.53. The number of para-hydroxylation sites is 1. The number of rotatable bonds is 9. The maximum absolute atomic E-state index is 12.8. The van der Waals surface area contributed by atoms with Crippen molar-refractivity contribution < 1.29 is 22.7 Å². The van der Waals surface area contributed by atoms with Crippen molar-refractivity contribution in [1.29, 1.82) is 0 Å². The summed E-state index contributed by atoms with van der Waals surface area (Å²) in [5, 5.41) is 0. The van der Waals surface area contributed by atoms with Crippen molar-refractivity contribution >= 4 is 21.8 Å². The predicted molar refractivity (Wildman–Crippen MR) is 126 cm³/mol. The molecule has 8 heteroatoms. The average Bonchev–Trinajstić information content (AvgIpc) is 3.10. The molecule has 0 spiro atoms. The molecule has 7 nitrogen and oxygen atoms in total. The highest BCUT2D eigenvalue weighted by atomic mass is 32.2. The van der Waals surface area contributed by atoms with Gasteiger partial charge < -0.3 is 9.30 Å². The predicted octanol–water partition coefficient (Wildman–Crippen LogP) is 3.82. The molecule has 0 aliphatic carbocycles. The first-order valence-corrected chi connectivity index (χ1v) is 12.1. The van der Waals surface area contributed by atoms with E-state index in [9.17, 15) is 18.0 Å². The van der Waals surface area contributed by atoms with Crippen LogP contribution in [0.1, 0.15) is 35.6 Å². The van der Waals surface area contributed by atoms with E-state index < -0.39 is 28.6 Å². The average molecular weight is 469 g/mol. The third-order valence-corrected chi connectivity index (χ3v) is 6.80. The second-order valence-electron chi connectivity index (χ2n) is 8.14. The summed E-state index contributed by atoms with van der Waals surface area (Å²) >= 11 is 0. The highest BCUT2D eigenvalue weighted by molar-refractivity contribution is 7.89. The Kier molecular flexibility index (Phi) is 7.50. The van der Waals surface area contributed by atoms with Gasteiger partial charge in [-0.1, -0.05) is 50.2 Å². The van der Waals surface area contributed by atoms with E-state index in [0.717, 1.165) is 17.1 Å². The zero-order valence-corrected chi connectivity index (χ0v) is 19.9. The summed E-state index contributed by atoms with van der Waals surface area (Å²) in [6.45, 7) is 6.66. The molecule has 0 fully saturated rings. The molecule has 1 unspecified atom stereocenters. The number of sulfonamides is 1. The van der Waals surface area contributed by atoms with Crippen molar-refractivity contribution in [2.45, 2.75) is 38.6 Å². The van der Waals surface area contributed by atoms with E-state index >= 15 is 0 Å². The normalized spacial score (nSPS) is 12.5. The van der Waals surface area contributed by atoms with E-state index in [4.69, 9.17) is 4.74 Å². The fraction of sp³-hybridized carbons (Fsp3) is 0.280. The van der Waals surface area contributed by atoms with Crippen LogP contribution >= 0.6 is 0 Å². The van der Waals surface area contributed by atoms with E-state index in [1.807, 2.05) is 48.7 Å². The molecule has 33 heavy (non-hydrogen) atoms. The lowest BCUT2D eigenvalue weighted by Gasteiger charge is -2.20. The van der Waals surface area contributed by atoms with E-state index in [2.05, 4.69) is 4.72 Å². The Morgan fingerprint density at radius 2 is 1.55 bits per heavy atom. The fourth-order valence-corrected chi connectivity index (χ4v) is 4.97. The molecule has 3 rings (SSSR count). The van der Waals surface area contributed by atoms with Crippen LogP contribution in [0.5, 0.6) is 0 Å². The maximum atomic E-state index is 12.8. The lowest BCUT2D eigenvalue weighted by molar-refractivity contribution is -0.145. The molecule has 0 saturated heterocycles. The number of hydrogen-bond acceptors (Lipinski definition) is 5. The van der Waals surface area contributed by atoms with Gasteiger partial charge in [-0.05, 0) is 50.1 Å². The van der Waals surface area contributed by atoms with Crippen LogP contribution in [0.4, 0.5) is 0 Å². The molecule has 0 saturated carbocycles. The number of nitrogens with zero attached hydrogens (tertiary/aromatic N) is 1. The Hall–Kier alpha value is -3.23. The van der Waals surface area contributed by atoms with Crippen LogP contribution in [0.2, 0.25) is 0 Å². The quantitative estimate of drug-likeness (QED) is 0.381. The molecule has 3 aromatic rings. The molecule has 1 atom stereocenters. The van der Waals surface area contributed by atoms with E-state index in [-0.39, 0.29) is 16.6 Å². The first kappa shape index (κ1) is 24.4. The van der Waals surface area contributed by atoms with Gasteiger partial charge in [-0.25, -0.2) is 8.42 Å². The summed E-state index contributed by atoms with van der Waals surface area (Å²) < 4.78 is 34.9. The van der Waals surface area contributed by atoms with Gasteiger partial charge in [-0.3, -0.25) is 9.59 Å². The third kappa shape index (κ3) is 5.58. The number of hydrogen-bond donors (Lipinski definition) is 1. The van der Waals surface area contributed by atoms with Crippen molar-refractivity contribution in [3.8, 4) is 5.69 Å². The summed E-state index contributed by atoms with van der Waals surface area (Å²) in [4.78, 5) is 25.6. The molecule has 0 radical (unpaired) electrons. The largest absolute Gasteiger partial charge is 0.456 e. The second kappa shape index (κ2) is 10.1. The molecule has 0 amide bonds. The summed E-state index contributed by atoms with van der Waals surface area (Å²) in [6, 6.07) is 18.1. The molecule has 0 bridgehead atoms. The smallest absolute Gasteiger partial charge is 0.324 e. The Morgan fingerprint density at radius 1 is 0.970 bits per heavy atom. The molecule has 0 aliphatic heterocycles. The van der Waals surface area contributed by atoms with Gasteiger partial charge in [0.25, 0.3) is 0 Å². The lowest BCUT2D eigenvalue weighted by Crippen LogP contribution is -2.45. The number of carbonyl (C=O) groups is 2. The zero-order chi connectivity index (χ0) is 24.2. The number of ether oxygens (including phenoxy) is 1. The van der Waals surface area contributed by atoms with Crippen molar-refractivity contribution in [1.82, 2.24) is 9.29 Å². The molecule has 174 valence electrons. The van der Waals surface area contributed by atoms with Crippen LogP contribution in [-0.2, 0) is 19.6 Å². The van der Waals surface area contributed by atoms with Crippen LogP contribution in [0.25, 0.3) is 5.69 Å². The minimum atomic E-state index is -3.92. The number of aryl methyl sites for hydroxylation is 1. The molecular weight excluding hydrogens is 440 g/mol. The fourth-order valence-electron chi connectivity index (χ4n) is 3.61. The van der Waals surface area contributed by atoms with Gasteiger partial charge in [-0.2, -0.15) is 4.72 Å². The highest BCUT2D eigenvalue weighted by Crippen LogP contribution is 2.21. The van der Waals surface area contributed by atoms with Crippen LogP contribution in [0.3, 0.4) is 0 Å². The van der Waals surface area contributed by atoms with Gasteiger partial charge in [0.05, 0.1) is 4.90 Å². The lowest BCUT2D eigenvalue weighted by atomic mass is 10.1. The van der Waals surface area contributed by atoms with Crippen LogP contribution in [0, 0.1) is 19.8 Å². The molecule has 1 heterocycles. The number of benzene rings is 2. The summed E-state index contributed by atoms with van der Waals surface area (Å²) in [7, 11) is -3.92. The van der Waals surface area contributed by atoms with Crippen LogP contribution < -0.4 is 4.72 Å². The van der Waals surface area contributed by atoms with Gasteiger partial charge in [0, 0.05) is 22.6 Å². The minimum absolute atomic E-state index is 0.0490. The standard InChI is InChI=1S/C25H28N2O5S/c1-17(2)24(26-33(30,31)21-13-9-6-10-14-21)25(29)32-16-23(28)22-15-18(3)27(19(22)4)20-11-7-5-8-12-20/h5-15,17,24,26H,16H2,1-4H3. The van der Waals surface area contributed by atoms with Crippen molar-refractivity contribution in [3.63, 3.8) is 0 Å². The Balaban J connectivity index is 1.72. The number of Topliss-reactive ketones (excluding diaryl/α,β-unsaturated/α-hetero) is 1. The van der Waals surface area contributed by atoms with Crippen molar-refractivity contribution in [2.75, 3.05) is 6.61 Å². The SMILES string of the molecule is Cc1cc(C(=O)COC(=O)C(NS(=O)(=O)c2ccccc2)C(C)C)c(C)n1-c1ccccc1. The van der Waals surface area contributed by atoms with Gasteiger partial charge in [0.15, 0.2) is 6.61 Å². The molecular formula is C25H28N2O5S. The van der Waals surface area contributed by atoms with Gasteiger partial charge in [0.2, 0.25) is 15.8 Å². The Labute approximate surface area is 194 Å². The molecule has 0 aliphatic rings. The Morgan fingerprint density at radius 3 is 2.12 bits per heavy atom. The van der Waals surface area contributed by atoms with E-state index in [1.165, 1.54) is 12.1 Å². The molecule has 1 N–H and O–H groups in total. The van der Waals surface area contributed by atoms with Crippen molar-refractivity contribution in [3.05, 3.63) is 83.7 Å². The van der Waals surface area contributed by atoms with E-state index in [0.29, 0.717) is 5.56 Å². The number of aromatic nitrogens is 1. The first-order valence-electron chi connectivity index (χ1n) is 10.6. The summed E-state index contributed by atoms with van der Waals surface area (Å²) in [6.07, 6.45) is 0. The monoisotopic (exact) mass is 468 g/mol. The summed E-state index contributed by atoms with van der Waals surface area (Å²) in [5.41, 5.74) is 3.00. The van der Waals surface area contributed by atoms with Gasteiger partial charge in [-0.15, -0.1) is 0 Å². The van der Waals surface area contributed by atoms with Crippen molar-refractivity contribution in [2.24, 2.45) is 5.92 Å². The minimum Gasteiger partial charge on any atom is -0.456 e. The first-order chi connectivity index (χ1) is 15.6. The number of esters is 1. The van der Waals surface area contributed by atoms with Crippen LogP contribution in [-0.4, -0.2) is 37.4 Å². The maximum Gasteiger partial charge on any atom is 0.324 e. The molecule has 1 aromatic heterocycles. The van der Waals surface area contributed by atoms with Gasteiger partial charge >= 0.3 is 5.97 Å². The topological polar surface area (TPSA) is 94.5 Å². The van der Waals surface area contributed by atoms with Crippen LogP contribution in [0.15, 0.2) is 71.6 Å².